The largest absolute Gasteiger partial charge is 0.462 e. The van der Waals surface area contributed by atoms with Crippen LogP contribution in [0.15, 0.2) is 30.5 Å². The number of esters is 1. The molecule has 0 aliphatic carbocycles. The molecule has 0 atom stereocenters. The predicted octanol–water partition coefficient (Wildman–Crippen LogP) is 3.26. The Morgan fingerprint density at radius 2 is 2.04 bits per heavy atom. The molecule has 1 aromatic carbocycles. The molecule has 3 rings (SSSR count). The van der Waals surface area contributed by atoms with Crippen LogP contribution in [0.1, 0.15) is 37.9 Å². The number of ether oxygens (including phenoxy) is 1. The third-order valence-corrected chi connectivity index (χ3v) is 4.25. The minimum atomic E-state index is -0.401. The average Bonchev–Trinajstić information content (AvgIpc) is 2.83. The van der Waals surface area contributed by atoms with Crippen LogP contribution < -0.4 is 0 Å². The number of hydrogen-bond donors (Lipinski definition) is 1. The van der Waals surface area contributed by atoms with E-state index in [9.17, 15) is 9.59 Å². The zero-order valence-electron chi connectivity index (χ0n) is 14.1. The van der Waals surface area contributed by atoms with Crippen molar-refractivity contribution in [3.63, 3.8) is 0 Å². The average molecular weight is 326 g/mol. The molecule has 1 N–H and O–H groups in total. The van der Waals surface area contributed by atoms with E-state index in [0.29, 0.717) is 31.6 Å². The summed E-state index contributed by atoms with van der Waals surface area (Å²) in [6.45, 7) is 4.62. The van der Waals surface area contributed by atoms with E-state index in [4.69, 9.17) is 4.74 Å². The van der Waals surface area contributed by atoms with E-state index in [1.807, 2.05) is 31.2 Å². The van der Waals surface area contributed by atoms with Crippen molar-refractivity contribution >= 4 is 28.4 Å². The Morgan fingerprint density at radius 1 is 1.25 bits per heavy atom. The molecule has 1 aromatic heterocycles. The zero-order valence-corrected chi connectivity index (χ0v) is 14.1. The van der Waals surface area contributed by atoms with Crippen LogP contribution in [0.5, 0.6) is 0 Å². The van der Waals surface area contributed by atoms with Crippen molar-refractivity contribution < 1.29 is 14.3 Å². The van der Waals surface area contributed by atoms with Crippen molar-refractivity contribution in [3.8, 4) is 0 Å². The van der Waals surface area contributed by atoms with Gasteiger partial charge in [-0.25, -0.2) is 4.79 Å². The maximum Gasteiger partial charge on any atom is 0.341 e. The number of carbonyl (C=O) groups is 2. The number of amides is 1. The second kappa shape index (κ2) is 6.91. The van der Waals surface area contributed by atoms with Gasteiger partial charge in [0, 0.05) is 30.1 Å². The first kappa shape index (κ1) is 16.3. The summed E-state index contributed by atoms with van der Waals surface area (Å²) in [5.41, 5.74) is 3.24. The van der Waals surface area contributed by atoms with Crippen molar-refractivity contribution in [2.45, 2.75) is 33.1 Å². The van der Waals surface area contributed by atoms with Gasteiger partial charge in [0.25, 0.3) is 0 Å². The molecule has 24 heavy (non-hydrogen) atoms. The molecule has 5 nitrogen and oxygen atoms in total. The number of nitrogens with one attached hydrogen (secondary N) is 1. The molecule has 0 unspecified atom stereocenters. The van der Waals surface area contributed by atoms with Crippen LogP contribution in [0, 0.1) is 0 Å². The molecule has 0 saturated carbocycles. The fourth-order valence-electron chi connectivity index (χ4n) is 3.12. The summed E-state index contributed by atoms with van der Waals surface area (Å²) in [7, 11) is 0. The Bertz CT molecular complexity index is 804. The molecule has 0 saturated heterocycles. The highest BCUT2D eigenvalue weighted by Gasteiger charge is 2.26. The van der Waals surface area contributed by atoms with Crippen molar-refractivity contribution in [3.05, 3.63) is 41.7 Å². The monoisotopic (exact) mass is 326 g/mol. The molecule has 2 aromatic rings. The van der Waals surface area contributed by atoms with E-state index in [0.717, 1.165) is 28.6 Å². The van der Waals surface area contributed by atoms with Crippen LogP contribution in [0.4, 0.5) is 0 Å². The number of hydrogen-bond acceptors (Lipinski definition) is 3. The van der Waals surface area contributed by atoms with Gasteiger partial charge in [0.1, 0.15) is 0 Å². The molecule has 5 heteroatoms. The Balaban J connectivity index is 2.09. The minimum Gasteiger partial charge on any atom is -0.462 e. The number of nitrogens with zero attached hydrogens (tertiary/aromatic N) is 1. The van der Waals surface area contributed by atoms with Crippen molar-refractivity contribution in [1.82, 2.24) is 9.88 Å². The third kappa shape index (κ3) is 2.94. The van der Waals surface area contributed by atoms with Crippen molar-refractivity contribution in [2.24, 2.45) is 0 Å². The van der Waals surface area contributed by atoms with Gasteiger partial charge >= 0.3 is 5.97 Å². The van der Waals surface area contributed by atoms with Crippen LogP contribution in [-0.2, 0) is 20.7 Å². The second-order valence-electron chi connectivity index (χ2n) is 5.87. The summed E-state index contributed by atoms with van der Waals surface area (Å²) in [6, 6.07) is 7.97. The maximum atomic E-state index is 12.5. The Morgan fingerprint density at radius 3 is 2.79 bits per heavy atom. The number of rotatable bonds is 4. The van der Waals surface area contributed by atoms with Crippen LogP contribution in [0.3, 0.4) is 0 Å². The summed E-state index contributed by atoms with van der Waals surface area (Å²) >= 11 is 0. The van der Waals surface area contributed by atoms with E-state index >= 15 is 0 Å². The molecule has 1 amide bonds. The smallest absolute Gasteiger partial charge is 0.341 e. The molecule has 0 bridgehead atoms. The molecule has 2 heterocycles. The van der Waals surface area contributed by atoms with Gasteiger partial charge < -0.3 is 14.6 Å². The van der Waals surface area contributed by atoms with Gasteiger partial charge in [-0.05, 0) is 31.4 Å². The lowest BCUT2D eigenvalue weighted by molar-refractivity contribution is -0.136. The van der Waals surface area contributed by atoms with E-state index in [1.165, 1.54) is 0 Å². The first-order valence-corrected chi connectivity index (χ1v) is 8.44. The lowest BCUT2D eigenvalue weighted by Gasteiger charge is -2.17. The first-order chi connectivity index (χ1) is 11.7. The topological polar surface area (TPSA) is 62.4 Å². The highest BCUT2D eigenvalue weighted by atomic mass is 16.5. The lowest BCUT2D eigenvalue weighted by atomic mass is 10.0. The summed E-state index contributed by atoms with van der Waals surface area (Å²) < 4.78 is 5.21. The van der Waals surface area contributed by atoms with Crippen LogP contribution in [0.2, 0.25) is 0 Å². The van der Waals surface area contributed by atoms with Gasteiger partial charge in [-0.15, -0.1) is 0 Å². The Kier molecular flexibility index (Phi) is 4.69. The number of benzene rings is 1. The van der Waals surface area contributed by atoms with Gasteiger partial charge in [0.2, 0.25) is 5.91 Å². The summed E-state index contributed by atoms with van der Waals surface area (Å²) in [4.78, 5) is 29.8. The molecule has 0 fully saturated rings. The predicted molar refractivity (Wildman–Crippen MR) is 93.2 cm³/mol. The number of para-hydroxylation sites is 1. The SMILES string of the molecule is CCCC(=O)N1C=C(C(=O)OCC)c2[nH]c3ccccc3c2CC1. The molecule has 1 aliphatic rings. The van der Waals surface area contributed by atoms with Gasteiger partial charge in [-0.3, -0.25) is 4.79 Å². The van der Waals surface area contributed by atoms with E-state index in [1.54, 1.807) is 18.0 Å². The molecule has 126 valence electrons. The molecule has 0 spiro atoms. The van der Waals surface area contributed by atoms with Crippen LogP contribution in [0.25, 0.3) is 16.5 Å². The van der Waals surface area contributed by atoms with Gasteiger partial charge in [0.05, 0.1) is 17.9 Å². The van der Waals surface area contributed by atoms with E-state index in [-0.39, 0.29) is 5.91 Å². The van der Waals surface area contributed by atoms with Gasteiger partial charge in [-0.2, -0.15) is 0 Å². The number of carbonyl (C=O) groups excluding carboxylic acids is 2. The molecular weight excluding hydrogens is 304 g/mol. The highest BCUT2D eigenvalue weighted by molar-refractivity contribution is 6.18. The van der Waals surface area contributed by atoms with Crippen LogP contribution >= 0.6 is 0 Å². The number of fused-ring (bicyclic) bond motifs is 3. The van der Waals surface area contributed by atoms with E-state index < -0.39 is 5.97 Å². The fraction of sp³-hybridized carbons (Fsp3) is 0.368. The van der Waals surface area contributed by atoms with Gasteiger partial charge in [-0.1, -0.05) is 25.1 Å². The standard InChI is InChI=1S/C19H22N2O3/c1-3-7-17(22)21-11-10-14-13-8-5-6-9-16(13)20-18(14)15(12-21)19(23)24-4-2/h5-6,8-9,12,20H,3-4,7,10-11H2,1-2H3. The maximum absolute atomic E-state index is 12.5. The number of H-pyrrole nitrogens is 1. The van der Waals surface area contributed by atoms with Gasteiger partial charge in [0.15, 0.2) is 0 Å². The highest BCUT2D eigenvalue weighted by Crippen LogP contribution is 2.31. The third-order valence-electron chi connectivity index (χ3n) is 4.25. The van der Waals surface area contributed by atoms with Crippen molar-refractivity contribution in [2.75, 3.05) is 13.2 Å². The molecule has 0 radical (unpaired) electrons. The number of aromatic nitrogens is 1. The molecule has 1 aliphatic heterocycles. The van der Waals surface area contributed by atoms with Crippen LogP contribution in [-0.4, -0.2) is 34.9 Å². The number of aromatic amines is 1. The Hall–Kier alpha value is -2.56. The summed E-state index contributed by atoms with van der Waals surface area (Å²) in [6.07, 6.45) is 3.61. The summed E-state index contributed by atoms with van der Waals surface area (Å²) in [5.74, 6) is -0.365. The second-order valence-corrected chi connectivity index (χ2v) is 5.87. The lowest BCUT2D eigenvalue weighted by Crippen LogP contribution is -2.27. The quantitative estimate of drug-likeness (QED) is 0.877. The first-order valence-electron chi connectivity index (χ1n) is 8.44. The molecular formula is C19H22N2O3. The minimum absolute atomic E-state index is 0.0359. The normalized spacial score (nSPS) is 14.1. The Labute approximate surface area is 141 Å². The zero-order chi connectivity index (χ0) is 17.1. The summed E-state index contributed by atoms with van der Waals surface area (Å²) in [5, 5.41) is 1.09. The van der Waals surface area contributed by atoms with E-state index in [2.05, 4.69) is 4.98 Å². The van der Waals surface area contributed by atoms with Crippen molar-refractivity contribution in [1.29, 1.82) is 0 Å². The fourth-order valence-corrected chi connectivity index (χ4v) is 3.12.